The molecule has 0 saturated heterocycles. The van der Waals surface area contributed by atoms with Crippen LogP contribution in [0.5, 0.6) is 5.75 Å². The molecule has 41 heavy (non-hydrogen) atoms. The molecular formula is C28H29FN2O8S2. The summed E-state index contributed by atoms with van der Waals surface area (Å²) in [5.74, 6) is -2.16. The van der Waals surface area contributed by atoms with Crippen molar-refractivity contribution in [3.8, 4) is 5.75 Å². The molecular weight excluding hydrogens is 575 g/mol. The minimum atomic E-state index is -3.91. The number of ether oxygens (including phenoxy) is 3. The van der Waals surface area contributed by atoms with Crippen LogP contribution in [0.3, 0.4) is 0 Å². The minimum Gasteiger partial charge on any atom is -0.482 e. The summed E-state index contributed by atoms with van der Waals surface area (Å²) in [6.45, 7) is 0.864. The SMILES string of the molecule is CCOC(=O)c1c(NC(=O)COC(=O)COc2ccc(N(C)S(=O)(=O)c3ccc(F)cc3)cc2)sc2c1CCCC2. The fraction of sp³-hybridized carbons (Fsp3) is 0.321. The van der Waals surface area contributed by atoms with Crippen molar-refractivity contribution >= 4 is 49.9 Å². The molecule has 0 unspecified atom stereocenters. The van der Waals surface area contributed by atoms with Gasteiger partial charge in [0.1, 0.15) is 16.6 Å². The van der Waals surface area contributed by atoms with E-state index in [1.807, 2.05) is 0 Å². The molecule has 2 aromatic carbocycles. The highest BCUT2D eigenvalue weighted by Gasteiger charge is 2.27. The molecule has 1 aliphatic carbocycles. The lowest BCUT2D eigenvalue weighted by molar-refractivity contribution is -0.149. The number of amides is 1. The maximum Gasteiger partial charge on any atom is 0.344 e. The zero-order valence-electron chi connectivity index (χ0n) is 22.5. The first-order valence-corrected chi connectivity index (χ1v) is 15.1. The molecule has 1 aromatic heterocycles. The predicted molar refractivity (Wildman–Crippen MR) is 150 cm³/mol. The summed E-state index contributed by atoms with van der Waals surface area (Å²) < 4.78 is 55.3. The number of carbonyl (C=O) groups excluding carboxylic acids is 3. The van der Waals surface area contributed by atoms with E-state index in [1.54, 1.807) is 6.92 Å². The summed E-state index contributed by atoms with van der Waals surface area (Å²) >= 11 is 1.34. The van der Waals surface area contributed by atoms with Gasteiger partial charge in [0.05, 0.1) is 22.8 Å². The average molecular weight is 605 g/mol. The van der Waals surface area contributed by atoms with Crippen LogP contribution in [0, 0.1) is 5.82 Å². The molecule has 0 radical (unpaired) electrons. The first-order valence-electron chi connectivity index (χ1n) is 12.8. The zero-order valence-corrected chi connectivity index (χ0v) is 24.1. The van der Waals surface area contributed by atoms with Crippen molar-refractivity contribution < 1.29 is 41.4 Å². The lowest BCUT2D eigenvalue weighted by atomic mass is 9.95. The highest BCUT2D eigenvalue weighted by atomic mass is 32.2. The summed E-state index contributed by atoms with van der Waals surface area (Å²) in [5, 5.41) is 3.06. The molecule has 4 rings (SSSR count). The first kappa shape index (κ1) is 30.0. The zero-order chi connectivity index (χ0) is 29.6. The van der Waals surface area contributed by atoms with Crippen molar-refractivity contribution in [1.82, 2.24) is 0 Å². The van der Waals surface area contributed by atoms with E-state index in [9.17, 15) is 27.2 Å². The maximum absolute atomic E-state index is 13.2. The van der Waals surface area contributed by atoms with Crippen LogP contribution in [-0.4, -0.2) is 53.1 Å². The van der Waals surface area contributed by atoms with Gasteiger partial charge in [-0.2, -0.15) is 0 Å². The van der Waals surface area contributed by atoms with E-state index in [4.69, 9.17) is 14.2 Å². The lowest BCUT2D eigenvalue weighted by Crippen LogP contribution is -2.26. The largest absolute Gasteiger partial charge is 0.482 e. The molecule has 0 fully saturated rings. The number of aryl methyl sites for hydroxylation is 1. The number of nitrogens with zero attached hydrogens (tertiary/aromatic N) is 1. The molecule has 1 aliphatic rings. The fourth-order valence-electron chi connectivity index (χ4n) is 4.22. The summed E-state index contributed by atoms with van der Waals surface area (Å²) in [7, 11) is -2.55. The van der Waals surface area contributed by atoms with Crippen LogP contribution in [-0.2, 0) is 41.9 Å². The van der Waals surface area contributed by atoms with Gasteiger partial charge in [0, 0.05) is 11.9 Å². The Morgan fingerprint density at radius 3 is 2.34 bits per heavy atom. The normalized spacial score (nSPS) is 12.7. The van der Waals surface area contributed by atoms with E-state index in [0.717, 1.165) is 52.6 Å². The Kier molecular flexibility index (Phi) is 9.61. The van der Waals surface area contributed by atoms with Gasteiger partial charge < -0.3 is 19.5 Å². The Morgan fingerprint density at radius 1 is 0.976 bits per heavy atom. The molecule has 3 aromatic rings. The van der Waals surface area contributed by atoms with Crippen molar-refractivity contribution in [1.29, 1.82) is 0 Å². The number of benzene rings is 2. The molecule has 13 heteroatoms. The summed E-state index contributed by atoms with van der Waals surface area (Å²) in [6, 6.07) is 10.4. The Balaban J connectivity index is 1.28. The first-order chi connectivity index (χ1) is 19.6. The molecule has 218 valence electrons. The molecule has 0 spiro atoms. The van der Waals surface area contributed by atoms with Gasteiger partial charge in [-0.05, 0) is 86.7 Å². The number of fused-ring (bicyclic) bond motifs is 1. The second-order valence-corrected chi connectivity index (χ2v) is 12.1. The van der Waals surface area contributed by atoms with Crippen LogP contribution in [0.25, 0.3) is 0 Å². The van der Waals surface area contributed by atoms with Crippen LogP contribution in [0.1, 0.15) is 40.6 Å². The number of halogens is 1. The second kappa shape index (κ2) is 13.1. The lowest BCUT2D eigenvalue weighted by Gasteiger charge is -2.19. The highest BCUT2D eigenvalue weighted by Crippen LogP contribution is 2.38. The number of sulfonamides is 1. The summed E-state index contributed by atoms with van der Waals surface area (Å²) in [4.78, 5) is 38.2. The highest BCUT2D eigenvalue weighted by molar-refractivity contribution is 7.92. The minimum absolute atomic E-state index is 0.0655. The van der Waals surface area contributed by atoms with Crippen molar-refractivity contribution in [2.45, 2.75) is 37.5 Å². The number of carbonyl (C=O) groups is 3. The molecule has 1 heterocycles. The van der Waals surface area contributed by atoms with Crippen molar-refractivity contribution in [2.24, 2.45) is 0 Å². The monoisotopic (exact) mass is 604 g/mol. The van der Waals surface area contributed by atoms with Crippen LogP contribution < -0.4 is 14.4 Å². The smallest absolute Gasteiger partial charge is 0.344 e. The van der Waals surface area contributed by atoms with E-state index < -0.39 is 46.9 Å². The number of rotatable bonds is 11. The summed E-state index contributed by atoms with van der Waals surface area (Å²) in [5.41, 5.74) is 1.60. The maximum atomic E-state index is 13.2. The van der Waals surface area contributed by atoms with Gasteiger partial charge in [-0.1, -0.05) is 0 Å². The van der Waals surface area contributed by atoms with E-state index >= 15 is 0 Å². The van der Waals surface area contributed by atoms with Gasteiger partial charge in [0.15, 0.2) is 13.2 Å². The number of anilines is 2. The molecule has 0 saturated carbocycles. The Bertz CT molecular complexity index is 1520. The van der Waals surface area contributed by atoms with E-state index in [2.05, 4.69) is 5.32 Å². The third-order valence-corrected chi connectivity index (χ3v) is 9.30. The van der Waals surface area contributed by atoms with Gasteiger partial charge in [-0.15, -0.1) is 11.3 Å². The Hall–Kier alpha value is -3.97. The second-order valence-electron chi connectivity index (χ2n) is 9.05. The van der Waals surface area contributed by atoms with Crippen LogP contribution >= 0.6 is 11.3 Å². The van der Waals surface area contributed by atoms with Crippen molar-refractivity contribution in [2.75, 3.05) is 36.5 Å². The van der Waals surface area contributed by atoms with Crippen LogP contribution in [0.2, 0.25) is 0 Å². The van der Waals surface area contributed by atoms with Gasteiger partial charge in [0.25, 0.3) is 15.9 Å². The van der Waals surface area contributed by atoms with E-state index in [-0.39, 0.29) is 17.3 Å². The fourth-order valence-corrected chi connectivity index (χ4v) is 6.71. The number of thiophene rings is 1. The molecule has 0 bridgehead atoms. The quantitative estimate of drug-likeness (QED) is 0.321. The van der Waals surface area contributed by atoms with Gasteiger partial charge in [-0.3, -0.25) is 9.10 Å². The topological polar surface area (TPSA) is 128 Å². The average Bonchev–Trinajstić information content (AvgIpc) is 3.33. The van der Waals surface area contributed by atoms with Crippen molar-refractivity contribution in [3.63, 3.8) is 0 Å². The van der Waals surface area contributed by atoms with Gasteiger partial charge in [-0.25, -0.2) is 22.4 Å². The Labute approximate surface area is 241 Å². The number of hydrogen-bond acceptors (Lipinski definition) is 9. The third-order valence-electron chi connectivity index (χ3n) is 6.30. The summed E-state index contributed by atoms with van der Waals surface area (Å²) in [6.07, 6.45) is 3.53. The van der Waals surface area contributed by atoms with Gasteiger partial charge in [0.2, 0.25) is 0 Å². The molecule has 10 nitrogen and oxygen atoms in total. The molecule has 0 atom stereocenters. The molecule has 1 amide bonds. The standard InChI is InChI=1S/C28H29FN2O8S2/c1-3-37-28(34)26-22-6-4-5-7-23(22)40-27(26)30-24(32)16-39-25(33)17-38-20-12-10-19(11-13-20)31(2)41(35,36)21-14-8-18(29)9-15-21/h8-15H,3-7,16-17H2,1-2H3,(H,30,32). The molecule has 1 N–H and O–H groups in total. The third kappa shape index (κ3) is 7.22. The number of esters is 2. The van der Waals surface area contributed by atoms with E-state index in [0.29, 0.717) is 16.3 Å². The number of hydrogen-bond donors (Lipinski definition) is 1. The Morgan fingerprint density at radius 2 is 1.66 bits per heavy atom. The van der Waals surface area contributed by atoms with Crippen LogP contribution in [0.15, 0.2) is 53.4 Å². The predicted octanol–water partition coefficient (Wildman–Crippen LogP) is 4.33. The van der Waals surface area contributed by atoms with Gasteiger partial charge >= 0.3 is 11.9 Å². The van der Waals surface area contributed by atoms with E-state index in [1.165, 1.54) is 54.8 Å². The number of nitrogens with one attached hydrogen (secondary N) is 1. The molecule has 0 aliphatic heterocycles. The van der Waals surface area contributed by atoms with Crippen LogP contribution in [0.4, 0.5) is 15.1 Å². The van der Waals surface area contributed by atoms with Crippen molar-refractivity contribution in [3.05, 3.63) is 70.4 Å².